The number of nitrogens with zero attached hydrogens (tertiary/aromatic N) is 3. The van der Waals surface area contributed by atoms with Gasteiger partial charge in [0.2, 0.25) is 5.28 Å². The number of hydrogen-bond donors (Lipinski definition) is 0. The molecule has 2 aliphatic rings. The molecule has 5 rings (SSSR count). The van der Waals surface area contributed by atoms with Crippen LogP contribution in [0.1, 0.15) is 26.3 Å². The molecule has 140 valence electrons. The van der Waals surface area contributed by atoms with Crippen molar-refractivity contribution in [1.82, 2.24) is 14.5 Å². The van der Waals surface area contributed by atoms with Crippen LogP contribution in [0.25, 0.3) is 21.5 Å². The molecule has 0 amide bonds. The molecule has 2 fully saturated rings. The molecule has 0 N–H and O–H groups in total. The van der Waals surface area contributed by atoms with Crippen molar-refractivity contribution in [3.8, 4) is 10.4 Å². The Morgan fingerprint density at radius 1 is 1.37 bits per heavy atom. The van der Waals surface area contributed by atoms with Crippen LogP contribution in [0.2, 0.25) is 5.28 Å². The molecule has 27 heavy (non-hydrogen) atoms. The summed E-state index contributed by atoms with van der Waals surface area (Å²) in [5.41, 5.74) is 1.81. The molecule has 0 aromatic carbocycles. The first-order valence-electron chi connectivity index (χ1n) is 8.85. The quantitative estimate of drug-likeness (QED) is 0.486. The molecule has 1 saturated heterocycles. The minimum absolute atomic E-state index is 0.0610. The number of fused-ring (bicyclic) bond motifs is 2. The Bertz CT molecular complexity index is 1020. The van der Waals surface area contributed by atoms with Gasteiger partial charge in [-0.1, -0.05) is 6.07 Å². The lowest BCUT2D eigenvalue weighted by molar-refractivity contribution is -0.160. The Morgan fingerprint density at radius 2 is 2.19 bits per heavy atom. The van der Waals surface area contributed by atoms with Gasteiger partial charge in [0.05, 0.1) is 12.1 Å². The van der Waals surface area contributed by atoms with Crippen LogP contribution in [0, 0.1) is 5.92 Å². The van der Waals surface area contributed by atoms with Gasteiger partial charge in [0.25, 0.3) is 0 Å². The molecular formula is C19H18ClN3O3S. The Hall–Kier alpha value is -1.80. The van der Waals surface area contributed by atoms with Gasteiger partial charge in [-0.25, -0.2) is 4.98 Å². The summed E-state index contributed by atoms with van der Waals surface area (Å²) >= 11 is 7.76. The van der Waals surface area contributed by atoms with Gasteiger partial charge in [0, 0.05) is 34.1 Å². The first kappa shape index (κ1) is 17.3. The number of halogens is 1. The molecule has 0 radical (unpaired) electrons. The van der Waals surface area contributed by atoms with Crippen LogP contribution in [-0.2, 0) is 14.3 Å². The smallest absolute Gasteiger partial charge is 0.224 e. The minimum atomic E-state index is -0.707. The van der Waals surface area contributed by atoms with Crippen molar-refractivity contribution in [2.45, 2.75) is 44.3 Å². The average Bonchev–Trinajstić information content (AvgIpc) is 3.36. The first-order chi connectivity index (χ1) is 13.0. The molecule has 4 atom stereocenters. The standard InChI is InChI=1S/C19H18ClN3O3S/c1-19(2)25-15-10(9-24)6-13(16(15)26-19)23-8-12(14-4-3-5-27-14)11-7-21-18(20)22-17(11)23/h3-5,7-10,13,15-16H,6H2,1-2H3/t10-,13-,15-,16+/m1/s1. The number of rotatable bonds is 3. The van der Waals surface area contributed by atoms with Crippen molar-refractivity contribution < 1.29 is 14.3 Å². The second-order valence-electron chi connectivity index (χ2n) is 7.47. The Balaban J connectivity index is 1.67. The monoisotopic (exact) mass is 403 g/mol. The fourth-order valence-electron chi connectivity index (χ4n) is 4.29. The second-order valence-corrected chi connectivity index (χ2v) is 8.76. The number of aldehydes is 1. The first-order valence-corrected chi connectivity index (χ1v) is 10.1. The Morgan fingerprint density at radius 3 is 2.93 bits per heavy atom. The number of ether oxygens (including phenoxy) is 2. The largest absolute Gasteiger partial charge is 0.344 e. The van der Waals surface area contributed by atoms with Gasteiger partial charge in [-0.05, 0) is 43.3 Å². The highest BCUT2D eigenvalue weighted by Gasteiger charge is 2.54. The predicted octanol–water partition coefficient (Wildman–Crippen LogP) is 4.09. The molecule has 0 spiro atoms. The predicted molar refractivity (Wildman–Crippen MR) is 103 cm³/mol. The molecule has 0 unspecified atom stereocenters. The lowest BCUT2D eigenvalue weighted by Gasteiger charge is -2.23. The van der Waals surface area contributed by atoms with Crippen molar-refractivity contribution in [1.29, 1.82) is 0 Å². The minimum Gasteiger partial charge on any atom is -0.344 e. The maximum Gasteiger partial charge on any atom is 0.224 e. The number of carbonyl (C=O) groups is 1. The van der Waals surface area contributed by atoms with Crippen LogP contribution in [0.15, 0.2) is 29.9 Å². The fourth-order valence-corrected chi connectivity index (χ4v) is 5.17. The topological polar surface area (TPSA) is 66.2 Å². The van der Waals surface area contributed by atoms with Crippen LogP contribution in [0.5, 0.6) is 0 Å². The molecule has 3 aromatic rings. The summed E-state index contributed by atoms with van der Waals surface area (Å²) in [7, 11) is 0. The number of thiophene rings is 1. The van der Waals surface area contributed by atoms with Gasteiger partial charge < -0.3 is 18.8 Å². The average molecular weight is 404 g/mol. The highest BCUT2D eigenvalue weighted by molar-refractivity contribution is 7.13. The summed E-state index contributed by atoms with van der Waals surface area (Å²) in [5.74, 6) is -0.914. The van der Waals surface area contributed by atoms with Gasteiger partial charge in [-0.3, -0.25) is 0 Å². The zero-order valence-electron chi connectivity index (χ0n) is 14.8. The molecule has 1 aliphatic carbocycles. The maximum atomic E-state index is 11.7. The molecule has 8 heteroatoms. The molecule has 4 heterocycles. The Labute approximate surface area is 165 Å². The third-order valence-corrected chi connectivity index (χ3v) is 6.42. The summed E-state index contributed by atoms with van der Waals surface area (Å²) in [6, 6.07) is 4.03. The third-order valence-electron chi connectivity index (χ3n) is 5.34. The van der Waals surface area contributed by atoms with E-state index in [0.29, 0.717) is 6.42 Å². The second kappa shape index (κ2) is 6.10. The van der Waals surface area contributed by atoms with Crippen LogP contribution in [0.4, 0.5) is 0 Å². The van der Waals surface area contributed by atoms with Gasteiger partial charge in [-0.15, -0.1) is 11.3 Å². The lowest BCUT2D eigenvalue weighted by atomic mass is 10.1. The Kier molecular flexibility index (Phi) is 3.91. The molecule has 3 aromatic heterocycles. The molecule has 1 aliphatic heterocycles. The van der Waals surface area contributed by atoms with Crippen molar-refractivity contribution >= 4 is 40.3 Å². The van der Waals surface area contributed by atoms with E-state index in [-0.39, 0.29) is 29.5 Å². The molecule has 6 nitrogen and oxygen atoms in total. The number of hydrogen-bond acceptors (Lipinski definition) is 6. The summed E-state index contributed by atoms with van der Waals surface area (Å²) in [5, 5.41) is 3.18. The van der Waals surface area contributed by atoms with E-state index in [0.717, 1.165) is 27.8 Å². The highest BCUT2D eigenvalue weighted by atomic mass is 35.5. The van der Waals surface area contributed by atoms with Gasteiger partial charge in [0.1, 0.15) is 18.0 Å². The van der Waals surface area contributed by atoms with E-state index in [2.05, 4.69) is 26.8 Å². The van der Waals surface area contributed by atoms with E-state index in [1.807, 2.05) is 25.3 Å². The number of aromatic nitrogens is 3. The SMILES string of the molecule is CC1(C)O[C@@H]2[C@H](O1)[C@@H](C=O)C[C@H]2n1cc(-c2cccs2)c2cnc(Cl)nc21. The van der Waals surface area contributed by atoms with E-state index >= 15 is 0 Å². The van der Waals surface area contributed by atoms with E-state index in [1.54, 1.807) is 17.5 Å². The van der Waals surface area contributed by atoms with Crippen LogP contribution >= 0.6 is 22.9 Å². The summed E-state index contributed by atoms with van der Waals surface area (Å²) < 4.78 is 14.3. The van der Waals surface area contributed by atoms with Crippen molar-refractivity contribution in [3.05, 3.63) is 35.2 Å². The van der Waals surface area contributed by atoms with E-state index in [1.165, 1.54) is 0 Å². The van der Waals surface area contributed by atoms with E-state index in [9.17, 15) is 4.79 Å². The van der Waals surface area contributed by atoms with Crippen molar-refractivity contribution in [3.63, 3.8) is 0 Å². The van der Waals surface area contributed by atoms with Gasteiger partial charge >= 0.3 is 0 Å². The van der Waals surface area contributed by atoms with Crippen molar-refractivity contribution in [2.75, 3.05) is 0 Å². The zero-order valence-corrected chi connectivity index (χ0v) is 16.4. The van der Waals surface area contributed by atoms with Gasteiger partial charge in [-0.2, -0.15) is 4.98 Å². The van der Waals surface area contributed by atoms with Crippen LogP contribution in [-0.4, -0.2) is 38.8 Å². The highest BCUT2D eigenvalue weighted by Crippen LogP contribution is 2.48. The van der Waals surface area contributed by atoms with Gasteiger partial charge in [0.15, 0.2) is 5.79 Å². The normalized spacial score (nSPS) is 29.3. The third kappa shape index (κ3) is 2.72. The summed E-state index contributed by atoms with van der Waals surface area (Å²) in [6.45, 7) is 3.77. The van der Waals surface area contributed by atoms with Crippen LogP contribution in [0.3, 0.4) is 0 Å². The fraction of sp³-hybridized carbons (Fsp3) is 0.421. The summed E-state index contributed by atoms with van der Waals surface area (Å²) in [4.78, 5) is 21.5. The van der Waals surface area contributed by atoms with Crippen LogP contribution < -0.4 is 0 Å². The zero-order chi connectivity index (χ0) is 18.8. The molecule has 0 bridgehead atoms. The molecular weight excluding hydrogens is 386 g/mol. The number of carbonyl (C=O) groups excluding carboxylic acids is 1. The maximum absolute atomic E-state index is 11.7. The lowest BCUT2D eigenvalue weighted by Crippen LogP contribution is -2.27. The van der Waals surface area contributed by atoms with E-state index < -0.39 is 5.79 Å². The molecule has 1 saturated carbocycles. The summed E-state index contributed by atoms with van der Waals surface area (Å²) in [6.07, 6.45) is 5.00. The van der Waals surface area contributed by atoms with E-state index in [4.69, 9.17) is 21.1 Å². The van der Waals surface area contributed by atoms with Crippen molar-refractivity contribution in [2.24, 2.45) is 5.92 Å².